The number of hydrogen-bond acceptors (Lipinski definition) is 3. The quantitative estimate of drug-likeness (QED) is 0.209. The van der Waals surface area contributed by atoms with Crippen molar-refractivity contribution >= 4 is 20.8 Å². The van der Waals surface area contributed by atoms with Crippen LogP contribution < -0.4 is 0 Å². The molecule has 0 aromatic carbocycles. The van der Waals surface area contributed by atoms with Gasteiger partial charge in [-0.15, -0.1) is 0 Å². The van der Waals surface area contributed by atoms with E-state index in [0.717, 1.165) is 37.7 Å². The van der Waals surface area contributed by atoms with E-state index in [1.807, 2.05) is 0 Å². The first-order valence-electron chi connectivity index (χ1n) is 10.1. The molecule has 24 heavy (non-hydrogen) atoms. The zero-order valence-electron chi connectivity index (χ0n) is 15.9. The van der Waals surface area contributed by atoms with E-state index < -0.39 is 5.31 Å². The Morgan fingerprint density at radius 1 is 0.542 bits per heavy atom. The molecule has 0 saturated heterocycles. The van der Waals surface area contributed by atoms with Gasteiger partial charge in [0, 0.05) is 0 Å². The fourth-order valence-corrected chi connectivity index (χ4v) is 11.9. The average molecular weight is 429 g/mol. The summed E-state index contributed by atoms with van der Waals surface area (Å²) < 4.78 is 0. The summed E-state index contributed by atoms with van der Waals surface area (Å²) in [4.78, 5) is 0. The third kappa shape index (κ3) is 11.4. The zero-order chi connectivity index (χ0) is 18.2. The molecule has 0 aliphatic rings. The molecule has 0 atom stereocenters. The molecule has 0 aromatic heterocycles. The third-order valence-corrected chi connectivity index (χ3v) is 15.2. The van der Waals surface area contributed by atoms with Crippen LogP contribution in [-0.2, 0) is 0 Å². The second kappa shape index (κ2) is 14.9. The summed E-state index contributed by atoms with van der Waals surface area (Å²) in [5.74, 6) is 0. The predicted molar refractivity (Wildman–Crippen MR) is 113 cm³/mol. The Bertz CT molecular complexity index is 265. The van der Waals surface area contributed by atoms with E-state index in [1.165, 1.54) is 57.5 Å². The van der Waals surface area contributed by atoms with Gasteiger partial charge in [0.25, 0.3) is 0 Å². The number of rotatable bonds is 18. The number of aliphatic hydroxyl groups is 3. The van der Waals surface area contributed by atoms with Crippen molar-refractivity contribution in [1.82, 2.24) is 0 Å². The fourth-order valence-electron chi connectivity index (χ4n) is 3.71. The molecule has 0 spiro atoms. The van der Waals surface area contributed by atoms with E-state index in [1.54, 1.807) is 0 Å². The number of halogens is 1. The average Bonchev–Trinajstić information content (AvgIpc) is 2.60. The Balaban J connectivity index is 4.44. The van der Waals surface area contributed by atoms with Crippen molar-refractivity contribution in [3.05, 3.63) is 0 Å². The molecule has 0 aromatic rings. The van der Waals surface area contributed by atoms with E-state index in [9.17, 15) is 15.3 Å². The molecule has 3 N–H and O–H groups in total. The normalized spacial score (nSPS) is 13.8. The molecule has 0 bridgehead atoms. The van der Waals surface area contributed by atoms with Gasteiger partial charge in [-0.2, -0.15) is 0 Å². The van der Waals surface area contributed by atoms with Crippen LogP contribution in [0.1, 0.15) is 77.6 Å². The second-order valence-electron chi connectivity index (χ2n) is 7.42. The van der Waals surface area contributed by atoms with E-state index in [4.69, 9.17) is 0 Å². The van der Waals surface area contributed by atoms with Crippen LogP contribution in [0.15, 0.2) is 0 Å². The summed E-state index contributed by atoms with van der Waals surface area (Å²) in [5.41, 5.74) is 0. The summed E-state index contributed by atoms with van der Waals surface area (Å²) >= 11 is 4.20. The van der Waals surface area contributed by atoms with Gasteiger partial charge in [-0.1, -0.05) is 0 Å². The van der Waals surface area contributed by atoms with Gasteiger partial charge in [-0.05, 0) is 0 Å². The molecule has 0 radical (unpaired) electrons. The molecule has 0 fully saturated rings. The first kappa shape index (κ1) is 24.8. The second-order valence-corrected chi connectivity index (χ2v) is 18.9. The van der Waals surface area contributed by atoms with Crippen molar-refractivity contribution < 1.29 is 15.3 Å². The number of unbranched alkanes of at least 4 members (excludes halogenated alkanes) is 7. The van der Waals surface area contributed by atoms with Crippen LogP contribution in [0.3, 0.4) is 0 Å². The molecule has 0 aliphatic heterocycles. The first-order chi connectivity index (χ1) is 11.5. The van der Waals surface area contributed by atoms with Crippen molar-refractivity contribution in [2.45, 2.75) is 77.6 Å². The Hall–Kier alpha value is 0.790. The van der Waals surface area contributed by atoms with E-state index in [0.29, 0.717) is 0 Å². The maximum atomic E-state index is 9.31. The molecule has 0 saturated carbocycles. The third-order valence-electron chi connectivity index (χ3n) is 5.20. The van der Waals surface area contributed by atoms with Crippen LogP contribution in [0.5, 0.6) is 0 Å². The molecule has 0 amide bonds. The first-order valence-corrected chi connectivity index (χ1v) is 15.1. The van der Waals surface area contributed by atoms with Crippen molar-refractivity contribution in [3.63, 3.8) is 0 Å². The summed E-state index contributed by atoms with van der Waals surface area (Å²) in [5, 5.41) is 25.8. The molecule has 5 heteroatoms. The topological polar surface area (TPSA) is 60.7 Å². The van der Waals surface area contributed by atoms with E-state index in [2.05, 4.69) is 22.4 Å². The fraction of sp³-hybridized carbons (Fsp3) is 1.00. The Kier molecular flexibility index (Phi) is 15.4. The van der Waals surface area contributed by atoms with Gasteiger partial charge in [0.05, 0.1) is 0 Å². The van der Waals surface area contributed by atoms with E-state index in [-0.39, 0.29) is 19.8 Å². The van der Waals surface area contributed by atoms with Crippen molar-refractivity contribution in [2.75, 3.05) is 44.5 Å². The van der Waals surface area contributed by atoms with Gasteiger partial charge in [-0.25, -0.2) is 0 Å². The molecule has 3 nitrogen and oxygen atoms in total. The zero-order valence-corrected chi connectivity index (χ0v) is 18.4. The Morgan fingerprint density at radius 3 is 1.25 bits per heavy atom. The monoisotopic (exact) mass is 428 g/mol. The van der Waals surface area contributed by atoms with E-state index >= 15 is 0 Å². The summed E-state index contributed by atoms with van der Waals surface area (Å²) in [6.07, 6.45) is 17.4. The van der Waals surface area contributed by atoms with Gasteiger partial charge in [0.1, 0.15) is 0 Å². The van der Waals surface area contributed by atoms with Gasteiger partial charge in [0.2, 0.25) is 0 Å². The van der Waals surface area contributed by atoms with Gasteiger partial charge in [0.15, 0.2) is 0 Å². The van der Waals surface area contributed by atoms with Crippen molar-refractivity contribution in [3.8, 4) is 0 Å². The molecule has 0 rings (SSSR count). The van der Waals surface area contributed by atoms with Crippen LogP contribution in [0.25, 0.3) is 0 Å². The minimum atomic E-state index is -2.09. The Morgan fingerprint density at radius 2 is 0.875 bits per heavy atom. The van der Waals surface area contributed by atoms with Crippen LogP contribution >= 0.6 is 20.8 Å². The standard InChI is InChI=1S/C19H42BrO3P/c1-2-3-4-5-6-7-8-9-16-24(20,17-10-13-21,18-11-14-22)19-12-15-23/h21-23H,2-19H2,1H3. The summed E-state index contributed by atoms with van der Waals surface area (Å²) in [6.45, 7) is 2.96. The molecule has 0 heterocycles. The van der Waals surface area contributed by atoms with Gasteiger partial charge < -0.3 is 0 Å². The summed E-state index contributed by atoms with van der Waals surface area (Å²) in [7, 11) is 0. The summed E-state index contributed by atoms with van der Waals surface area (Å²) in [6, 6.07) is 0. The molecule has 0 aliphatic carbocycles. The van der Waals surface area contributed by atoms with Crippen LogP contribution in [0.2, 0.25) is 0 Å². The van der Waals surface area contributed by atoms with Gasteiger partial charge in [-0.3, -0.25) is 0 Å². The predicted octanol–water partition coefficient (Wildman–Crippen LogP) is 5.14. The molecule has 0 unspecified atom stereocenters. The van der Waals surface area contributed by atoms with Crippen LogP contribution in [0.4, 0.5) is 0 Å². The van der Waals surface area contributed by atoms with Gasteiger partial charge >= 0.3 is 158 Å². The maximum absolute atomic E-state index is 9.31. The number of hydrogen-bond donors (Lipinski definition) is 3. The molecular weight excluding hydrogens is 387 g/mol. The molecule has 148 valence electrons. The molecular formula is C19H42BrO3P. The van der Waals surface area contributed by atoms with Crippen LogP contribution in [-0.4, -0.2) is 59.8 Å². The van der Waals surface area contributed by atoms with Crippen LogP contribution in [0, 0.1) is 0 Å². The minimum absolute atomic E-state index is 0.235. The van der Waals surface area contributed by atoms with Crippen molar-refractivity contribution in [1.29, 1.82) is 0 Å². The SMILES string of the molecule is CCCCCCCCCCP(Br)(CCCO)(CCCO)CCCO. The Labute approximate surface area is 158 Å². The number of aliphatic hydroxyl groups excluding tert-OH is 3. The van der Waals surface area contributed by atoms with Crippen molar-refractivity contribution in [2.24, 2.45) is 0 Å².